The molecule has 0 aliphatic heterocycles. The molecule has 0 bridgehead atoms. The van der Waals surface area contributed by atoms with Crippen molar-refractivity contribution in [2.75, 3.05) is 13.7 Å². The van der Waals surface area contributed by atoms with Crippen LogP contribution in [0.5, 0.6) is 0 Å². The van der Waals surface area contributed by atoms with Gasteiger partial charge in [-0.3, -0.25) is 14.9 Å². The van der Waals surface area contributed by atoms with Gasteiger partial charge in [0, 0.05) is 16.4 Å². The third kappa shape index (κ3) is 4.75. The Labute approximate surface area is 207 Å². The van der Waals surface area contributed by atoms with E-state index >= 15 is 0 Å². The van der Waals surface area contributed by atoms with E-state index in [4.69, 9.17) is 4.74 Å². The molecule has 2 atom stereocenters. The zero-order valence-corrected chi connectivity index (χ0v) is 21.3. The van der Waals surface area contributed by atoms with Crippen LogP contribution in [0, 0.1) is 16.0 Å². The number of methoxy groups -OCH3 is 1. The molecule has 2 aliphatic carbocycles. The van der Waals surface area contributed by atoms with E-state index in [2.05, 4.69) is 39.8 Å². The summed E-state index contributed by atoms with van der Waals surface area (Å²) in [6, 6.07) is 11.0. The molecule has 0 radical (unpaired) electrons. The number of hydrogen-bond acceptors (Lipinski definition) is 5. The smallest absolute Gasteiger partial charge is 0.337 e. The Morgan fingerprint density at radius 3 is 2.26 bits per heavy atom. The quantitative estimate of drug-likeness (QED) is 0.228. The zero-order valence-electron chi connectivity index (χ0n) is 21.3. The lowest BCUT2D eigenvalue weighted by molar-refractivity contribution is -0.484. The standard InChI is InChI=1S/C29H35NO5/c1-28(2)13-14-29(3,4)25-16-22-20(15-24(25)28)7-6-8-21(26(22)31)23(17-30(33)34)18-9-11-19(12-10-18)27(32)35-5/h9-12,15-16,21,23H,6-8,13-14,17H2,1-5H3. The SMILES string of the molecule is COC(=O)c1ccc(C(C[N+](=O)[O-])C2CCCc3cc4c(cc3C2=O)C(C)(C)CCC4(C)C)cc1. The number of aryl methyl sites for hydroxylation is 1. The van der Waals surface area contributed by atoms with Crippen molar-refractivity contribution >= 4 is 11.8 Å². The van der Waals surface area contributed by atoms with Crippen molar-refractivity contribution in [3.63, 3.8) is 0 Å². The average Bonchev–Trinajstić information content (AvgIpc) is 2.98. The lowest BCUT2D eigenvalue weighted by atomic mass is 9.62. The Morgan fingerprint density at radius 1 is 1.09 bits per heavy atom. The molecule has 6 heteroatoms. The Balaban J connectivity index is 1.76. The topological polar surface area (TPSA) is 86.5 Å². The first kappa shape index (κ1) is 25.1. The second kappa shape index (κ2) is 9.21. The summed E-state index contributed by atoms with van der Waals surface area (Å²) in [5.41, 5.74) is 5.49. The first-order chi connectivity index (χ1) is 16.4. The number of hydrogen-bond donors (Lipinski definition) is 0. The molecule has 186 valence electrons. The Hall–Kier alpha value is -3.02. The molecule has 0 fully saturated rings. The summed E-state index contributed by atoms with van der Waals surface area (Å²) >= 11 is 0. The van der Waals surface area contributed by atoms with Gasteiger partial charge >= 0.3 is 5.97 Å². The van der Waals surface area contributed by atoms with Gasteiger partial charge in [0.25, 0.3) is 0 Å². The maximum atomic E-state index is 14.0. The summed E-state index contributed by atoms with van der Waals surface area (Å²) in [5, 5.41) is 11.7. The van der Waals surface area contributed by atoms with Crippen molar-refractivity contribution in [3.8, 4) is 0 Å². The number of nitrogens with zero attached hydrogens (tertiary/aromatic N) is 1. The van der Waals surface area contributed by atoms with Crippen LogP contribution in [-0.4, -0.2) is 30.3 Å². The maximum Gasteiger partial charge on any atom is 0.337 e. The first-order valence-electron chi connectivity index (χ1n) is 12.5. The van der Waals surface area contributed by atoms with Crippen LogP contribution in [0.4, 0.5) is 0 Å². The monoisotopic (exact) mass is 477 g/mol. The highest BCUT2D eigenvalue weighted by Gasteiger charge is 2.41. The van der Waals surface area contributed by atoms with Crippen LogP contribution in [0.2, 0.25) is 0 Å². The predicted octanol–water partition coefficient (Wildman–Crippen LogP) is 6.02. The van der Waals surface area contributed by atoms with Crippen molar-refractivity contribution < 1.29 is 19.2 Å². The van der Waals surface area contributed by atoms with Crippen molar-refractivity contribution in [3.05, 3.63) is 79.9 Å². The minimum absolute atomic E-state index is 0.00312. The largest absolute Gasteiger partial charge is 0.465 e. The molecule has 2 aromatic carbocycles. The van der Waals surface area contributed by atoms with Gasteiger partial charge in [0.1, 0.15) is 0 Å². The van der Waals surface area contributed by atoms with Gasteiger partial charge in [0.05, 0.1) is 18.6 Å². The lowest BCUT2D eigenvalue weighted by Gasteiger charge is -2.42. The Kier molecular flexibility index (Phi) is 6.60. The molecule has 2 unspecified atom stereocenters. The van der Waals surface area contributed by atoms with E-state index < -0.39 is 17.8 Å². The van der Waals surface area contributed by atoms with Crippen LogP contribution in [-0.2, 0) is 22.0 Å². The fraction of sp³-hybridized carbons (Fsp3) is 0.517. The summed E-state index contributed by atoms with van der Waals surface area (Å²) in [7, 11) is 1.31. The molecule has 0 saturated heterocycles. The van der Waals surface area contributed by atoms with Gasteiger partial charge < -0.3 is 4.74 Å². The molecule has 0 spiro atoms. The van der Waals surface area contributed by atoms with Crippen LogP contribution >= 0.6 is 0 Å². The highest BCUT2D eigenvalue weighted by atomic mass is 16.6. The van der Waals surface area contributed by atoms with Gasteiger partial charge in [-0.1, -0.05) is 45.9 Å². The maximum absolute atomic E-state index is 14.0. The molecule has 0 amide bonds. The van der Waals surface area contributed by atoms with E-state index in [1.54, 1.807) is 24.3 Å². The van der Waals surface area contributed by atoms with E-state index in [9.17, 15) is 19.7 Å². The van der Waals surface area contributed by atoms with Gasteiger partial charge in [-0.25, -0.2) is 4.79 Å². The van der Waals surface area contributed by atoms with Crippen LogP contribution in [0.3, 0.4) is 0 Å². The molecule has 0 saturated carbocycles. The van der Waals surface area contributed by atoms with E-state index in [0.717, 1.165) is 36.8 Å². The molecule has 0 heterocycles. The summed E-state index contributed by atoms with van der Waals surface area (Å²) < 4.78 is 4.77. The zero-order chi connectivity index (χ0) is 25.5. The number of carbonyl (C=O) groups is 2. The molecule has 0 N–H and O–H groups in total. The molecule has 2 aliphatic rings. The normalized spacial score (nSPS) is 21.3. The molecule has 4 rings (SSSR count). The number of Topliss-reactive ketones (excluding diaryl/α,β-unsaturated/α-hetero) is 1. The minimum atomic E-state index is -0.560. The van der Waals surface area contributed by atoms with Gasteiger partial charge in [0.2, 0.25) is 6.54 Å². The van der Waals surface area contributed by atoms with Crippen LogP contribution < -0.4 is 0 Å². The number of nitro groups is 1. The summed E-state index contributed by atoms with van der Waals surface area (Å²) in [6.07, 6.45) is 4.37. The van der Waals surface area contributed by atoms with Gasteiger partial charge in [-0.05, 0) is 83.4 Å². The van der Waals surface area contributed by atoms with Crippen LogP contribution in [0.15, 0.2) is 36.4 Å². The van der Waals surface area contributed by atoms with Crippen molar-refractivity contribution in [1.29, 1.82) is 0 Å². The molecule has 6 nitrogen and oxygen atoms in total. The third-order valence-corrected chi connectivity index (χ3v) is 8.23. The fourth-order valence-electron chi connectivity index (χ4n) is 5.93. The van der Waals surface area contributed by atoms with Crippen molar-refractivity contribution in [2.45, 2.75) is 76.5 Å². The number of benzene rings is 2. The molecule has 35 heavy (non-hydrogen) atoms. The van der Waals surface area contributed by atoms with Gasteiger partial charge in [0.15, 0.2) is 5.78 Å². The average molecular weight is 478 g/mol. The number of ether oxygens (including phenoxy) is 1. The second-order valence-corrected chi connectivity index (χ2v) is 11.4. The van der Waals surface area contributed by atoms with E-state index in [1.165, 1.54) is 18.2 Å². The van der Waals surface area contributed by atoms with Crippen molar-refractivity contribution in [1.82, 2.24) is 0 Å². The lowest BCUT2D eigenvalue weighted by Crippen LogP contribution is -2.35. The fourth-order valence-corrected chi connectivity index (χ4v) is 5.93. The molecule has 0 aromatic heterocycles. The van der Waals surface area contributed by atoms with Crippen LogP contribution in [0.25, 0.3) is 0 Å². The van der Waals surface area contributed by atoms with Crippen LogP contribution in [0.1, 0.15) is 102 Å². The Morgan fingerprint density at radius 2 is 1.69 bits per heavy atom. The summed E-state index contributed by atoms with van der Waals surface area (Å²) in [5.74, 6) is -1.50. The highest BCUT2D eigenvalue weighted by Crippen LogP contribution is 2.48. The van der Waals surface area contributed by atoms with Gasteiger partial charge in [-0.2, -0.15) is 0 Å². The Bertz CT molecular complexity index is 1160. The van der Waals surface area contributed by atoms with Gasteiger partial charge in [-0.15, -0.1) is 0 Å². The number of fused-ring (bicyclic) bond motifs is 2. The minimum Gasteiger partial charge on any atom is -0.465 e. The number of rotatable bonds is 5. The molecular weight excluding hydrogens is 442 g/mol. The molecule has 2 aromatic rings. The van der Waals surface area contributed by atoms with E-state index in [1.807, 2.05) is 0 Å². The van der Waals surface area contributed by atoms with E-state index in [0.29, 0.717) is 17.5 Å². The predicted molar refractivity (Wildman–Crippen MR) is 135 cm³/mol. The highest BCUT2D eigenvalue weighted by molar-refractivity contribution is 6.00. The van der Waals surface area contributed by atoms with E-state index in [-0.39, 0.29) is 28.1 Å². The number of carbonyl (C=O) groups excluding carboxylic acids is 2. The summed E-state index contributed by atoms with van der Waals surface area (Å²) in [6.45, 7) is 8.71. The summed E-state index contributed by atoms with van der Waals surface area (Å²) in [4.78, 5) is 37.2. The van der Waals surface area contributed by atoms with Crippen molar-refractivity contribution in [2.24, 2.45) is 5.92 Å². The molecular formula is C29H35NO5. The third-order valence-electron chi connectivity index (χ3n) is 8.23. The second-order valence-electron chi connectivity index (χ2n) is 11.4. The first-order valence-corrected chi connectivity index (χ1v) is 12.5. The number of ketones is 1. The number of esters is 1.